The van der Waals surface area contributed by atoms with Crippen LogP contribution in [-0.2, 0) is 5.41 Å². The standard InChI is InChI=1S/C19H21N3O2S2/c1-12(23)16-6-7-17(25-16)19(8-2-3-9-19)11-20-18(24)13-4-5-14-15(10-13)22-26-21-14/h4-7,10,12,23H,2-3,8-9,11H2,1H3,(H,20,24). The molecule has 1 aliphatic rings. The van der Waals surface area contributed by atoms with Crippen LogP contribution in [0.1, 0.15) is 58.8 Å². The highest BCUT2D eigenvalue weighted by atomic mass is 32.1. The molecule has 5 nitrogen and oxygen atoms in total. The fourth-order valence-electron chi connectivity index (χ4n) is 3.70. The zero-order chi connectivity index (χ0) is 18.1. The third-order valence-corrected chi connectivity index (χ3v) is 7.28. The number of fused-ring (bicyclic) bond motifs is 1. The van der Waals surface area contributed by atoms with E-state index in [0.29, 0.717) is 12.1 Å². The van der Waals surface area contributed by atoms with E-state index in [1.165, 1.54) is 17.7 Å². The number of carbonyl (C=O) groups excluding carboxylic acids is 1. The summed E-state index contributed by atoms with van der Waals surface area (Å²) in [5.74, 6) is -0.0709. The minimum atomic E-state index is -0.444. The number of aliphatic hydroxyl groups excluding tert-OH is 1. The molecule has 1 saturated carbocycles. The Morgan fingerprint density at radius 2 is 2.00 bits per heavy atom. The number of nitrogens with zero attached hydrogens (tertiary/aromatic N) is 2. The number of thiophene rings is 1. The Labute approximate surface area is 160 Å². The Morgan fingerprint density at radius 1 is 1.23 bits per heavy atom. The van der Waals surface area contributed by atoms with Crippen molar-refractivity contribution in [2.75, 3.05) is 6.54 Å². The molecule has 2 N–H and O–H groups in total. The number of hydrogen-bond donors (Lipinski definition) is 2. The summed E-state index contributed by atoms with van der Waals surface area (Å²) >= 11 is 2.83. The Balaban J connectivity index is 1.52. The van der Waals surface area contributed by atoms with Crippen molar-refractivity contribution in [2.45, 2.75) is 44.1 Å². The molecule has 2 aromatic heterocycles. The highest BCUT2D eigenvalue weighted by Crippen LogP contribution is 2.44. The predicted octanol–water partition coefficient (Wildman–Crippen LogP) is 4.05. The molecule has 0 bridgehead atoms. The van der Waals surface area contributed by atoms with Gasteiger partial charge in [0.05, 0.1) is 17.8 Å². The van der Waals surface area contributed by atoms with Crippen molar-refractivity contribution in [3.8, 4) is 0 Å². The van der Waals surface area contributed by atoms with Crippen LogP contribution in [0.5, 0.6) is 0 Å². The molecule has 0 saturated heterocycles. The average Bonchev–Trinajstić information content (AvgIpc) is 3.39. The fraction of sp³-hybridized carbons (Fsp3) is 0.421. The summed E-state index contributed by atoms with van der Waals surface area (Å²) in [6.45, 7) is 2.42. The smallest absolute Gasteiger partial charge is 0.251 e. The Kier molecular flexibility index (Phi) is 4.77. The minimum absolute atomic E-state index is 0.0141. The monoisotopic (exact) mass is 387 g/mol. The van der Waals surface area contributed by atoms with Gasteiger partial charge in [0.1, 0.15) is 11.0 Å². The van der Waals surface area contributed by atoms with Crippen molar-refractivity contribution in [1.29, 1.82) is 0 Å². The highest BCUT2D eigenvalue weighted by molar-refractivity contribution is 7.12. The molecule has 7 heteroatoms. The third kappa shape index (κ3) is 3.26. The van der Waals surface area contributed by atoms with Crippen molar-refractivity contribution in [1.82, 2.24) is 14.1 Å². The predicted molar refractivity (Wildman–Crippen MR) is 105 cm³/mol. The van der Waals surface area contributed by atoms with Gasteiger partial charge in [-0.25, -0.2) is 0 Å². The number of aromatic nitrogens is 2. The maximum absolute atomic E-state index is 12.7. The Bertz CT molecular complexity index is 926. The molecule has 0 aliphatic heterocycles. The molecule has 1 atom stereocenters. The molecule has 136 valence electrons. The normalized spacial score (nSPS) is 17.5. The zero-order valence-electron chi connectivity index (χ0n) is 14.6. The first kappa shape index (κ1) is 17.6. The average molecular weight is 388 g/mol. The first-order valence-electron chi connectivity index (χ1n) is 8.86. The van der Waals surface area contributed by atoms with E-state index in [2.05, 4.69) is 20.1 Å². The van der Waals surface area contributed by atoms with Gasteiger partial charge in [-0.05, 0) is 50.1 Å². The van der Waals surface area contributed by atoms with Gasteiger partial charge in [-0.1, -0.05) is 12.8 Å². The van der Waals surface area contributed by atoms with Crippen molar-refractivity contribution < 1.29 is 9.90 Å². The van der Waals surface area contributed by atoms with Crippen LogP contribution in [0.25, 0.3) is 11.0 Å². The van der Waals surface area contributed by atoms with Crippen LogP contribution in [-0.4, -0.2) is 26.3 Å². The molecule has 1 aromatic carbocycles. The molecule has 3 aromatic rings. The highest BCUT2D eigenvalue weighted by Gasteiger charge is 2.37. The van der Waals surface area contributed by atoms with Gasteiger partial charge in [0, 0.05) is 27.3 Å². The lowest BCUT2D eigenvalue weighted by Crippen LogP contribution is -2.38. The quantitative estimate of drug-likeness (QED) is 0.693. The van der Waals surface area contributed by atoms with E-state index < -0.39 is 6.10 Å². The number of carbonyl (C=O) groups is 1. The summed E-state index contributed by atoms with van der Waals surface area (Å²) < 4.78 is 8.38. The zero-order valence-corrected chi connectivity index (χ0v) is 16.2. The maximum atomic E-state index is 12.7. The van der Waals surface area contributed by atoms with Gasteiger partial charge in [0.25, 0.3) is 5.91 Å². The topological polar surface area (TPSA) is 75.1 Å². The molecule has 1 amide bonds. The Morgan fingerprint density at radius 3 is 2.73 bits per heavy atom. The number of aliphatic hydroxyl groups is 1. The first-order valence-corrected chi connectivity index (χ1v) is 10.4. The molecule has 0 radical (unpaired) electrons. The second-order valence-electron chi connectivity index (χ2n) is 7.02. The first-order chi connectivity index (χ1) is 12.6. The van der Waals surface area contributed by atoms with Crippen LogP contribution >= 0.6 is 23.1 Å². The number of nitrogens with one attached hydrogen (secondary N) is 1. The van der Waals surface area contributed by atoms with Crippen molar-refractivity contribution in [3.63, 3.8) is 0 Å². The summed E-state index contributed by atoms with van der Waals surface area (Å²) in [6, 6.07) is 9.57. The van der Waals surface area contributed by atoms with Gasteiger partial charge in [-0.3, -0.25) is 4.79 Å². The number of rotatable bonds is 5. The van der Waals surface area contributed by atoms with E-state index in [1.54, 1.807) is 30.4 Å². The molecule has 4 rings (SSSR count). The van der Waals surface area contributed by atoms with Gasteiger partial charge in [0.15, 0.2) is 0 Å². The minimum Gasteiger partial charge on any atom is -0.388 e. The van der Waals surface area contributed by atoms with E-state index in [0.717, 1.165) is 40.5 Å². The number of amides is 1. The molecule has 0 spiro atoms. The van der Waals surface area contributed by atoms with Gasteiger partial charge >= 0.3 is 0 Å². The second-order valence-corrected chi connectivity index (χ2v) is 8.66. The van der Waals surface area contributed by atoms with Gasteiger partial charge in [-0.15, -0.1) is 11.3 Å². The lowest BCUT2D eigenvalue weighted by Gasteiger charge is -2.28. The van der Waals surface area contributed by atoms with Gasteiger partial charge in [0.2, 0.25) is 0 Å². The molecule has 1 fully saturated rings. The molecular formula is C19H21N3O2S2. The summed E-state index contributed by atoms with van der Waals surface area (Å²) in [5.41, 5.74) is 2.19. The maximum Gasteiger partial charge on any atom is 0.251 e. The summed E-state index contributed by atoms with van der Waals surface area (Å²) in [6.07, 6.45) is 4.05. The van der Waals surface area contributed by atoms with Crippen LogP contribution < -0.4 is 5.32 Å². The number of hydrogen-bond acceptors (Lipinski definition) is 6. The Hall–Kier alpha value is -1.83. The molecule has 1 aliphatic carbocycles. The summed E-state index contributed by atoms with van der Waals surface area (Å²) in [5, 5.41) is 13.0. The molecule has 1 unspecified atom stereocenters. The fourth-order valence-corrected chi connectivity index (χ4v) is 5.41. The van der Waals surface area contributed by atoms with Crippen LogP contribution in [0, 0.1) is 0 Å². The molecule has 26 heavy (non-hydrogen) atoms. The van der Waals surface area contributed by atoms with Crippen molar-refractivity contribution in [2.24, 2.45) is 0 Å². The summed E-state index contributed by atoms with van der Waals surface area (Å²) in [4.78, 5) is 14.9. The van der Waals surface area contributed by atoms with Crippen LogP contribution in [0.15, 0.2) is 30.3 Å². The van der Waals surface area contributed by atoms with E-state index in [1.807, 2.05) is 12.1 Å². The summed E-state index contributed by atoms with van der Waals surface area (Å²) in [7, 11) is 0. The van der Waals surface area contributed by atoms with E-state index in [4.69, 9.17) is 0 Å². The van der Waals surface area contributed by atoms with Crippen molar-refractivity contribution in [3.05, 3.63) is 45.6 Å². The van der Waals surface area contributed by atoms with Gasteiger partial charge < -0.3 is 10.4 Å². The van der Waals surface area contributed by atoms with Gasteiger partial charge in [-0.2, -0.15) is 8.75 Å². The third-order valence-electron chi connectivity index (χ3n) is 5.23. The van der Waals surface area contributed by atoms with E-state index in [9.17, 15) is 9.90 Å². The van der Waals surface area contributed by atoms with Crippen LogP contribution in [0.3, 0.4) is 0 Å². The second kappa shape index (κ2) is 7.06. The van der Waals surface area contributed by atoms with Crippen LogP contribution in [0.2, 0.25) is 0 Å². The van der Waals surface area contributed by atoms with E-state index >= 15 is 0 Å². The van der Waals surface area contributed by atoms with E-state index in [-0.39, 0.29) is 11.3 Å². The lowest BCUT2D eigenvalue weighted by molar-refractivity contribution is 0.0943. The van der Waals surface area contributed by atoms with Crippen LogP contribution in [0.4, 0.5) is 0 Å². The largest absolute Gasteiger partial charge is 0.388 e. The molecule has 2 heterocycles. The lowest BCUT2D eigenvalue weighted by atomic mass is 9.84. The molecular weight excluding hydrogens is 366 g/mol. The number of benzene rings is 1. The SMILES string of the molecule is CC(O)c1ccc(C2(CNC(=O)c3ccc4nsnc4c3)CCCC2)s1. The van der Waals surface area contributed by atoms with Crippen molar-refractivity contribution >= 4 is 40.0 Å².